The average molecular weight is 412 g/mol. The third-order valence-electron chi connectivity index (χ3n) is 4.53. The molecule has 0 unspecified atom stereocenters. The lowest BCUT2D eigenvalue weighted by Gasteiger charge is -2.33. The van der Waals surface area contributed by atoms with Crippen molar-refractivity contribution >= 4 is 23.1 Å². The molecule has 2 aromatic heterocycles. The molecule has 1 aliphatic rings. The Hall–Kier alpha value is -2.36. The molecule has 0 radical (unpaired) electrons. The first-order valence-corrected chi connectivity index (χ1v) is 9.89. The zero-order valence-corrected chi connectivity index (χ0v) is 16.6. The lowest BCUT2D eigenvalue weighted by Crippen LogP contribution is -2.48. The van der Waals surface area contributed by atoms with Gasteiger partial charge in [0, 0.05) is 37.8 Å². The second-order valence-corrected chi connectivity index (χ2v) is 7.59. The summed E-state index contributed by atoms with van der Waals surface area (Å²) in [7, 11) is 1.64. The molecule has 2 aromatic rings. The monoisotopic (exact) mass is 412 g/mol. The third-order valence-corrected chi connectivity index (χ3v) is 5.38. The van der Waals surface area contributed by atoms with Crippen LogP contribution < -0.4 is 15.5 Å². The number of thiazole rings is 1. The van der Waals surface area contributed by atoms with Crippen LogP contribution in [0.4, 0.5) is 19.0 Å². The molecule has 3 heterocycles. The van der Waals surface area contributed by atoms with Crippen molar-refractivity contribution in [3.63, 3.8) is 0 Å². The summed E-state index contributed by atoms with van der Waals surface area (Å²) in [5, 5.41) is 7.78. The van der Waals surface area contributed by atoms with E-state index in [1.165, 1.54) is 0 Å². The van der Waals surface area contributed by atoms with Crippen LogP contribution in [0.5, 0.6) is 0 Å². The Morgan fingerprint density at radius 2 is 2.07 bits per heavy atom. The molecule has 0 atom stereocenters. The van der Waals surface area contributed by atoms with E-state index in [0.717, 1.165) is 54.0 Å². The van der Waals surface area contributed by atoms with Crippen molar-refractivity contribution in [1.82, 2.24) is 20.6 Å². The minimum absolute atomic E-state index is 0.201. The Bertz CT molecular complexity index is 794. The molecule has 0 aromatic carbocycles. The van der Waals surface area contributed by atoms with Crippen molar-refractivity contribution in [1.29, 1.82) is 0 Å². The first-order chi connectivity index (χ1) is 13.3. The summed E-state index contributed by atoms with van der Waals surface area (Å²) in [5.41, 5.74) is 0.284. The zero-order valence-electron chi connectivity index (χ0n) is 15.8. The smallest absolute Gasteiger partial charge is 0.356 e. The number of aryl methyl sites for hydroxylation is 1. The average Bonchev–Trinajstić information content (AvgIpc) is 3.16. The molecule has 0 aliphatic carbocycles. The molecule has 0 amide bonds. The molecule has 0 saturated carbocycles. The summed E-state index contributed by atoms with van der Waals surface area (Å²) >= 11 is 0.984. The number of nitrogens with one attached hydrogen (secondary N) is 2. The summed E-state index contributed by atoms with van der Waals surface area (Å²) < 4.78 is 37.9. The predicted molar refractivity (Wildman–Crippen MR) is 105 cm³/mol. The summed E-state index contributed by atoms with van der Waals surface area (Å²) in [6.07, 6.45) is -0.694. The normalized spacial score (nSPS) is 16.3. The Balaban J connectivity index is 1.46. The van der Waals surface area contributed by atoms with Crippen LogP contribution in [0, 0.1) is 6.92 Å². The number of aliphatic imine (C=N–C) groups is 1. The quantitative estimate of drug-likeness (QED) is 0.596. The Labute approximate surface area is 165 Å². The van der Waals surface area contributed by atoms with Gasteiger partial charge in [-0.05, 0) is 31.4 Å². The van der Waals surface area contributed by atoms with Gasteiger partial charge in [0.05, 0.1) is 6.54 Å². The largest absolute Gasteiger partial charge is 0.434 e. The maximum atomic E-state index is 12.6. The number of nitrogens with zero attached hydrogens (tertiary/aromatic N) is 4. The number of pyridine rings is 1. The first kappa shape index (κ1) is 20.4. The first-order valence-electron chi connectivity index (χ1n) is 9.01. The van der Waals surface area contributed by atoms with Gasteiger partial charge in [0.15, 0.2) is 11.7 Å². The molecule has 1 saturated heterocycles. The van der Waals surface area contributed by atoms with E-state index >= 15 is 0 Å². The van der Waals surface area contributed by atoms with Crippen molar-refractivity contribution in [3.8, 4) is 0 Å². The Morgan fingerprint density at radius 3 is 2.64 bits per heavy atom. The number of aromatic nitrogens is 2. The van der Waals surface area contributed by atoms with E-state index < -0.39 is 11.9 Å². The number of piperidine rings is 1. The van der Waals surface area contributed by atoms with Gasteiger partial charge in [0.2, 0.25) is 0 Å². The fourth-order valence-corrected chi connectivity index (χ4v) is 3.71. The molecule has 3 rings (SSSR count). The molecule has 6 nitrogen and oxygen atoms in total. The second-order valence-electron chi connectivity index (χ2n) is 6.65. The molecule has 28 heavy (non-hydrogen) atoms. The van der Waals surface area contributed by atoms with Crippen LogP contribution >= 0.6 is 11.3 Å². The van der Waals surface area contributed by atoms with Gasteiger partial charge in [-0.2, -0.15) is 13.2 Å². The highest BCUT2D eigenvalue weighted by atomic mass is 32.1. The summed E-state index contributed by atoms with van der Waals surface area (Å²) in [6, 6.07) is 4.34. The summed E-state index contributed by atoms with van der Waals surface area (Å²) in [6.45, 7) is 3.98. The minimum atomic E-state index is -4.41. The highest BCUT2D eigenvalue weighted by Gasteiger charge is 2.33. The number of guanidine groups is 1. The molecule has 1 aliphatic heterocycles. The molecule has 0 spiro atoms. The third kappa shape index (κ3) is 5.34. The van der Waals surface area contributed by atoms with E-state index in [9.17, 15) is 13.2 Å². The van der Waals surface area contributed by atoms with Gasteiger partial charge in [0.1, 0.15) is 10.8 Å². The number of alkyl halides is 3. The summed E-state index contributed by atoms with van der Waals surface area (Å²) in [4.78, 5) is 14.5. The van der Waals surface area contributed by atoms with Crippen molar-refractivity contribution in [2.45, 2.75) is 38.5 Å². The molecule has 0 bridgehead atoms. The van der Waals surface area contributed by atoms with E-state index in [2.05, 4.69) is 36.6 Å². The maximum absolute atomic E-state index is 12.6. The number of hydrogen-bond donors (Lipinski definition) is 2. The molecular weight excluding hydrogens is 389 g/mol. The SMILES string of the molecule is CN=C(NCc1nc(C(F)(F)F)cs1)NC1CCN(c2ccc(C)cn2)CC1. The lowest BCUT2D eigenvalue weighted by molar-refractivity contribution is -0.140. The van der Waals surface area contributed by atoms with Crippen LogP contribution in [-0.4, -0.2) is 42.1 Å². The van der Waals surface area contributed by atoms with Crippen LogP contribution in [0.2, 0.25) is 0 Å². The van der Waals surface area contributed by atoms with Gasteiger partial charge >= 0.3 is 6.18 Å². The highest BCUT2D eigenvalue weighted by molar-refractivity contribution is 7.09. The molecular formula is C18H23F3N6S. The predicted octanol–water partition coefficient (Wildman–Crippen LogP) is 3.20. The zero-order chi connectivity index (χ0) is 20.1. The van der Waals surface area contributed by atoms with Crippen LogP contribution in [0.3, 0.4) is 0 Å². The molecule has 2 N–H and O–H groups in total. The topological polar surface area (TPSA) is 65.4 Å². The van der Waals surface area contributed by atoms with Crippen LogP contribution in [0.25, 0.3) is 0 Å². The fraction of sp³-hybridized carbons (Fsp3) is 0.500. The maximum Gasteiger partial charge on any atom is 0.434 e. The van der Waals surface area contributed by atoms with Gasteiger partial charge in [0.25, 0.3) is 0 Å². The van der Waals surface area contributed by atoms with Crippen LogP contribution in [-0.2, 0) is 12.7 Å². The van der Waals surface area contributed by atoms with Gasteiger partial charge in [-0.15, -0.1) is 11.3 Å². The number of rotatable bonds is 4. The van der Waals surface area contributed by atoms with E-state index in [1.807, 2.05) is 19.2 Å². The fourth-order valence-electron chi connectivity index (χ4n) is 2.97. The molecule has 152 valence electrons. The van der Waals surface area contributed by atoms with Gasteiger partial charge in [-0.3, -0.25) is 4.99 Å². The van der Waals surface area contributed by atoms with Gasteiger partial charge < -0.3 is 15.5 Å². The standard InChI is InChI=1S/C18H23F3N6S/c1-12-3-4-15(23-9-12)27-7-5-13(6-8-27)25-17(22-2)24-10-16-26-14(11-28-16)18(19,20)21/h3-4,9,11,13H,5-8,10H2,1-2H3,(H2,22,24,25). The van der Waals surface area contributed by atoms with Crippen LogP contribution in [0.15, 0.2) is 28.7 Å². The highest BCUT2D eigenvalue weighted by Crippen LogP contribution is 2.29. The van der Waals surface area contributed by atoms with Crippen LogP contribution in [0.1, 0.15) is 29.1 Å². The molecule has 10 heteroatoms. The van der Waals surface area contributed by atoms with E-state index in [1.54, 1.807) is 7.05 Å². The number of halogens is 3. The Morgan fingerprint density at radius 1 is 1.32 bits per heavy atom. The number of anilines is 1. The Kier molecular flexibility index (Phi) is 6.38. The van der Waals surface area contributed by atoms with E-state index in [-0.39, 0.29) is 12.6 Å². The van der Waals surface area contributed by atoms with Crippen molar-refractivity contribution < 1.29 is 13.2 Å². The van der Waals surface area contributed by atoms with Gasteiger partial charge in [-0.1, -0.05) is 6.07 Å². The second kappa shape index (κ2) is 8.76. The molecule has 1 fully saturated rings. The number of hydrogen-bond acceptors (Lipinski definition) is 5. The van der Waals surface area contributed by atoms with Crippen molar-refractivity contribution in [3.05, 3.63) is 40.0 Å². The van der Waals surface area contributed by atoms with Gasteiger partial charge in [-0.25, -0.2) is 9.97 Å². The van der Waals surface area contributed by atoms with Crippen molar-refractivity contribution in [2.75, 3.05) is 25.0 Å². The minimum Gasteiger partial charge on any atom is -0.356 e. The van der Waals surface area contributed by atoms with E-state index in [4.69, 9.17) is 0 Å². The van der Waals surface area contributed by atoms with Crippen molar-refractivity contribution in [2.24, 2.45) is 4.99 Å². The lowest BCUT2D eigenvalue weighted by atomic mass is 10.1. The summed E-state index contributed by atoms with van der Waals surface area (Å²) in [5.74, 6) is 1.55. The van der Waals surface area contributed by atoms with E-state index in [0.29, 0.717) is 11.0 Å².